The van der Waals surface area contributed by atoms with E-state index in [1.807, 2.05) is 48.5 Å². The zero-order chi connectivity index (χ0) is 24.5. The minimum Gasteiger partial charge on any atom is -0.345 e. The van der Waals surface area contributed by atoms with E-state index in [4.69, 9.17) is 22.2 Å². The molecule has 0 amide bonds. The molecule has 176 valence electrons. The Labute approximate surface area is 214 Å². The van der Waals surface area contributed by atoms with Crippen molar-refractivity contribution in [3.8, 4) is 0 Å². The number of rotatable bonds is 5. The second-order valence-electron chi connectivity index (χ2n) is 8.76. The summed E-state index contributed by atoms with van der Waals surface area (Å²) in [5.41, 5.74) is 7.07. The minimum atomic E-state index is 0.695. The first kappa shape index (κ1) is 22.2. The van der Waals surface area contributed by atoms with Gasteiger partial charge in [-0.25, -0.2) is 9.97 Å². The summed E-state index contributed by atoms with van der Waals surface area (Å²) in [6, 6.07) is 24.3. The van der Waals surface area contributed by atoms with Gasteiger partial charge in [0.2, 0.25) is 0 Å². The van der Waals surface area contributed by atoms with Crippen molar-refractivity contribution in [3.05, 3.63) is 90.8 Å². The molecular formula is C29H24N6S. The Morgan fingerprint density at radius 2 is 1.44 bits per heavy atom. The molecule has 0 saturated carbocycles. The first-order valence-electron chi connectivity index (χ1n) is 12.0. The molecule has 1 N–H and O–H groups in total. The molecular weight excluding hydrogens is 464 g/mol. The summed E-state index contributed by atoms with van der Waals surface area (Å²) >= 11 is 5.80. The van der Waals surface area contributed by atoms with Crippen LogP contribution in [0.15, 0.2) is 85.2 Å². The van der Waals surface area contributed by atoms with Crippen LogP contribution >= 0.6 is 12.2 Å². The Morgan fingerprint density at radius 3 is 2.11 bits per heavy atom. The second-order valence-corrected chi connectivity index (χ2v) is 9.15. The van der Waals surface area contributed by atoms with Gasteiger partial charge < -0.3 is 10.2 Å². The lowest BCUT2D eigenvalue weighted by molar-refractivity contribution is 0.418. The summed E-state index contributed by atoms with van der Waals surface area (Å²) in [5, 5.41) is 6.01. The number of anilines is 1. The number of hydrogen-bond donors (Lipinski definition) is 1. The molecule has 0 bridgehead atoms. The van der Waals surface area contributed by atoms with Crippen molar-refractivity contribution in [2.45, 2.75) is 19.9 Å². The zero-order valence-corrected chi connectivity index (χ0v) is 20.7. The maximum Gasteiger partial charge on any atom is 0.173 e. The fourth-order valence-electron chi connectivity index (χ4n) is 4.61. The highest BCUT2D eigenvalue weighted by Crippen LogP contribution is 2.32. The fraction of sp³-hybridized carbons (Fsp3) is 0.138. The van der Waals surface area contributed by atoms with Crippen molar-refractivity contribution in [1.82, 2.24) is 24.8 Å². The molecule has 36 heavy (non-hydrogen) atoms. The van der Waals surface area contributed by atoms with Crippen molar-refractivity contribution in [2.24, 2.45) is 0 Å². The van der Waals surface area contributed by atoms with Crippen LogP contribution in [0.1, 0.15) is 18.9 Å². The van der Waals surface area contributed by atoms with Crippen LogP contribution < -0.4 is 5.32 Å². The molecule has 7 heteroatoms. The number of aromatic nitrogens is 4. The molecule has 0 fully saturated rings. The van der Waals surface area contributed by atoms with Crippen LogP contribution in [0.2, 0.25) is 0 Å². The predicted molar refractivity (Wildman–Crippen MR) is 151 cm³/mol. The highest BCUT2D eigenvalue weighted by Gasteiger charge is 2.15. The van der Waals surface area contributed by atoms with Gasteiger partial charge in [0.15, 0.2) is 5.11 Å². The number of nitrogens with one attached hydrogen (secondary N) is 1. The van der Waals surface area contributed by atoms with Gasteiger partial charge in [-0.15, -0.1) is 0 Å². The molecule has 0 saturated heterocycles. The Bertz CT molecular complexity index is 1730. The van der Waals surface area contributed by atoms with Crippen LogP contribution in [0, 0.1) is 0 Å². The monoisotopic (exact) mass is 488 g/mol. The van der Waals surface area contributed by atoms with E-state index in [9.17, 15) is 0 Å². The van der Waals surface area contributed by atoms with Crippen LogP contribution in [-0.2, 0) is 6.54 Å². The van der Waals surface area contributed by atoms with Gasteiger partial charge in [-0.3, -0.25) is 9.97 Å². The number of fused-ring (bicyclic) bond motifs is 7. The van der Waals surface area contributed by atoms with Gasteiger partial charge in [0.05, 0.1) is 33.1 Å². The number of benzene rings is 3. The largest absolute Gasteiger partial charge is 0.345 e. The molecule has 3 aromatic carbocycles. The third-order valence-corrected chi connectivity index (χ3v) is 6.62. The summed E-state index contributed by atoms with van der Waals surface area (Å²) in [6.07, 6.45) is 4.59. The number of nitrogens with zero attached hydrogens (tertiary/aromatic N) is 5. The summed E-state index contributed by atoms with van der Waals surface area (Å²) in [4.78, 5) is 21.4. The van der Waals surface area contributed by atoms with Crippen LogP contribution in [0.4, 0.5) is 5.69 Å². The van der Waals surface area contributed by atoms with E-state index in [0.29, 0.717) is 5.11 Å². The molecule has 3 aromatic heterocycles. The second kappa shape index (κ2) is 9.43. The van der Waals surface area contributed by atoms with E-state index in [1.54, 1.807) is 12.4 Å². The number of thiocarbonyl (C=S) groups is 1. The van der Waals surface area contributed by atoms with Crippen LogP contribution in [0.3, 0.4) is 0 Å². The van der Waals surface area contributed by atoms with E-state index in [-0.39, 0.29) is 0 Å². The van der Waals surface area contributed by atoms with Crippen molar-refractivity contribution in [1.29, 1.82) is 0 Å². The van der Waals surface area contributed by atoms with Crippen molar-refractivity contribution < 1.29 is 0 Å². The van der Waals surface area contributed by atoms with Gasteiger partial charge in [-0.1, -0.05) is 37.3 Å². The highest BCUT2D eigenvalue weighted by atomic mass is 32.1. The number of pyridine rings is 2. The van der Waals surface area contributed by atoms with Crippen LogP contribution in [0.25, 0.3) is 43.9 Å². The summed E-state index contributed by atoms with van der Waals surface area (Å²) in [6.45, 7) is 3.80. The highest BCUT2D eigenvalue weighted by molar-refractivity contribution is 7.80. The Hall–Kier alpha value is -4.23. The van der Waals surface area contributed by atoms with Gasteiger partial charge >= 0.3 is 0 Å². The summed E-state index contributed by atoms with van der Waals surface area (Å²) in [5.74, 6) is 0. The zero-order valence-electron chi connectivity index (χ0n) is 19.8. The van der Waals surface area contributed by atoms with Crippen molar-refractivity contribution in [2.75, 3.05) is 11.9 Å². The Morgan fingerprint density at radius 1 is 0.778 bits per heavy atom. The van der Waals surface area contributed by atoms with E-state index >= 15 is 0 Å². The normalized spacial score (nSPS) is 11.4. The molecule has 0 aliphatic rings. The molecule has 0 aliphatic carbocycles. The molecule has 6 nitrogen and oxygen atoms in total. The van der Waals surface area contributed by atoms with Crippen molar-refractivity contribution >= 4 is 66.9 Å². The maximum absolute atomic E-state index is 5.80. The topological polar surface area (TPSA) is 66.8 Å². The molecule has 0 radical (unpaired) electrons. The summed E-state index contributed by atoms with van der Waals surface area (Å²) < 4.78 is 0. The third kappa shape index (κ3) is 4.07. The van der Waals surface area contributed by atoms with Gasteiger partial charge in [-0.2, -0.15) is 0 Å². The lowest BCUT2D eigenvalue weighted by atomic mass is 10.1. The SMILES string of the molecule is CCCN(Cc1ccccc1)C(=S)Nc1ccc2nc3c4cccnc4c4ncccc4c3nc2c1. The fourth-order valence-corrected chi connectivity index (χ4v) is 4.88. The molecule has 0 unspecified atom stereocenters. The van der Waals surface area contributed by atoms with Gasteiger partial charge in [0.25, 0.3) is 0 Å². The maximum atomic E-state index is 5.80. The van der Waals surface area contributed by atoms with Gasteiger partial charge in [0, 0.05) is 41.9 Å². The van der Waals surface area contributed by atoms with E-state index < -0.39 is 0 Å². The smallest absolute Gasteiger partial charge is 0.173 e. The Kier molecular flexibility index (Phi) is 5.83. The quantitative estimate of drug-likeness (QED) is 0.169. The molecule has 6 rings (SSSR count). The predicted octanol–water partition coefficient (Wildman–Crippen LogP) is 6.49. The Balaban J connectivity index is 1.40. The molecule has 6 aromatic rings. The third-order valence-electron chi connectivity index (χ3n) is 6.26. The first-order chi connectivity index (χ1) is 17.7. The number of hydrogen-bond acceptors (Lipinski definition) is 5. The van der Waals surface area contributed by atoms with E-state index in [2.05, 4.69) is 51.4 Å². The standard InChI is InChI=1S/C29H24N6S/c1-2-16-35(18-19-8-4-3-5-9-19)29(36)32-20-12-13-23-24(17-20)34-28-22-11-7-15-31-26(22)25-21(27(28)33-23)10-6-14-30-25/h3-15,17H,2,16,18H2,1H3,(H,32,36). The molecule has 3 heterocycles. The van der Waals surface area contributed by atoms with Gasteiger partial charge in [-0.05, 0) is 66.7 Å². The first-order valence-corrected chi connectivity index (χ1v) is 12.4. The van der Waals surface area contributed by atoms with E-state index in [1.165, 1.54) is 5.56 Å². The van der Waals surface area contributed by atoms with Gasteiger partial charge in [0.1, 0.15) is 0 Å². The molecule has 0 aliphatic heterocycles. The van der Waals surface area contributed by atoms with E-state index in [0.717, 1.165) is 69.1 Å². The van der Waals surface area contributed by atoms with Crippen LogP contribution in [0.5, 0.6) is 0 Å². The minimum absolute atomic E-state index is 0.695. The summed E-state index contributed by atoms with van der Waals surface area (Å²) in [7, 11) is 0. The molecule has 0 spiro atoms. The van der Waals surface area contributed by atoms with Crippen molar-refractivity contribution in [3.63, 3.8) is 0 Å². The lowest BCUT2D eigenvalue weighted by Crippen LogP contribution is -2.34. The lowest BCUT2D eigenvalue weighted by Gasteiger charge is -2.25. The average Bonchev–Trinajstić information content (AvgIpc) is 2.92. The van der Waals surface area contributed by atoms with Crippen LogP contribution in [-0.4, -0.2) is 36.5 Å². The molecule has 0 atom stereocenters. The average molecular weight is 489 g/mol.